The van der Waals surface area contributed by atoms with Gasteiger partial charge in [-0.05, 0) is 43.2 Å². The molecule has 8 heteroatoms. The molecule has 0 fully saturated rings. The van der Waals surface area contributed by atoms with Gasteiger partial charge in [0, 0.05) is 11.3 Å². The summed E-state index contributed by atoms with van der Waals surface area (Å²) in [6.45, 7) is 3.94. The predicted octanol–water partition coefficient (Wildman–Crippen LogP) is 3.49. The summed E-state index contributed by atoms with van der Waals surface area (Å²) >= 11 is 1.44. The number of nitrogens with one attached hydrogen (secondary N) is 1. The highest BCUT2D eigenvalue weighted by Crippen LogP contribution is 2.27. The van der Waals surface area contributed by atoms with Crippen LogP contribution >= 0.6 is 11.3 Å². The van der Waals surface area contributed by atoms with Crippen molar-refractivity contribution in [2.45, 2.75) is 13.8 Å². The second kappa shape index (κ2) is 7.16. The number of anilines is 1. The highest BCUT2D eigenvalue weighted by Gasteiger charge is 2.10. The van der Waals surface area contributed by atoms with Crippen molar-refractivity contribution in [2.24, 2.45) is 0 Å². The van der Waals surface area contributed by atoms with Crippen molar-refractivity contribution < 1.29 is 9.53 Å². The van der Waals surface area contributed by atoms with Crippen LogP contribution in [0.4, 0.5) is 5.69 Å². The van der Waals surface area contributed by atoms with Crippen LogP contribution in [0.1, 0.15) is 11.1 Å². The largest absolute Gasteiger partial charge is 0.483 e. The molecule has 0 radical (unpaired) electrons. The summed E-state index contributed by atoms with van der Waals surface area (Å²) in [7, 11) is 0. The molecule has 1 N–H and O–H groups in total. The number of aryl methyl sites for hydroxylation is 1. The fraction of sp³-hybridized carbons (Fsp3) is 0.158. The van der Waals surface area contributed by atoms with Gasteiger partial charge in [-0.2, -0.15) is 9.61 Å². The third-order valence-corrected chi connectivity index (χ3v) is 5.16. The van der Waals surface area contributed by atoms with Crippen LogP contribution in [-0.2, 0) is 4.79 Å². The Bertz CT molecular complexity index is 1090. The summed E-state index contributed by atoms with van der Waals surface area (Å²) in [6.07, 6.45) is 1.56. The van der Waals surface area contributed by atoms with E-state index < -0.39 is 0 Å². The first kappa shape index (κ1) is 17.2. The normalized spacial score (nSPS) is 10.9. The quantitative estimate of drug-likeness (QED) is 0.574. The van der Waals surface area contributed by atoms with Gasteiger partial charge in [0.2, 0.25) is 4.96 Å². The van der Waals surface area contributed by atoms with E-state index in [2.05, 4.69) is 20.6 Å². The van der Waals surface area contributed by atoms with E-state index in [0.29, 0.717) is 5.69 Å². The van der Waals surface area contributed by atoms with Gasteiger partial charge < -0.3 is 10.1 Å². The molecule has 0 aliphatic rings. The Morgan fingerprint density at radius 2 is 2.07 bits per heavy atom. The summed E-state index contributed by atoms with van der Waals surface area (Å²) in [4.78, 5) is 13.0. The molecule has 1 amide bonds. The molecule has 0 aliphatic carbocycles. The molecule has 0 aliphatic heterocycles. The van der Waals surface area contributed by atoms with Crippen LogP contribution in [0.5, 0.6) is 5.75 Å². The van der Waals surface area contributed by atoms with Crippen molar-refractivity contribution in [3.63, 3.8) is 0 Å². The molecule has 0 spiro atoms. The minimum absolute atomic E-state index is 0.0503. The average Bonchev–Trinajstić information content (AvgIpc) is 3.25. The van der Waals surface area contributed by atoms with E-state index in [0.717, 1.165) is 32.4 Å². The van der Waals surface area contributed by atoms with Crippen LogP contribution in [0.25, 0.3) is 15.5 Å². The molecule has 2 aromatic carbocycles. The van der Waals surface area contributed by atoms with Gasteiger partial charge in [0.25, 0.3) is 5.91 Å². The Hall–Kier alpha value is -3.26. The second-order valence-corrected chi connectivity index (χ2v) is 7.04. The van der Waals surface area contributed by atoms with E-state index in [1.54, 1.807) is 10.8 Å². The maximum atomic E-state index is 12.3. The van der Waals surface area contributed by atoms with Crippen molar-refractivity contribution in [2.75, 3.05) is 11.9 Å². The van der Waals surface area contributed by atoms with E-state index in [4.69, 9.17) is 4.74 Å². The van der Waals surface area contributed by atoms with Crippen LogP contribution in [0.15, 0.2) is 48.8 Å². The zero-order chi connectivity index (χ0) is 18.8. The molecule has 0 saturated carbocycles. The third kappa shape index (κ3) is 3.65. The molecule has 4 aromatic rings. The van der Waals surface area contributed by atoms with Gasteiger partial charge >= 0.3 is 0 Å². The highest BCUT2D eigenvalue weighted by atomic mass is 32.1. The zero-order valence-corrected chi connectivity index (χ0v) is 15.7. The molecule has 4 rings (SSSR count). The first-order valence-electron chi connectivity index (χ1n) is 8.36. The Morgan fingerprint density at radius 1 is 1.22 bits per heavy atom. The molecule has 0 unspecified atom stereocenters. The maximum absolute atomic E-state index is 12.3. The van der Waals surface area contributed by atoms with Crippen molar-refractivity contribution in [3.05, 3.63) is 59.9 Å². The molecule has 0 atom stereocenters. The van der Waals surface area contributed by atoms with Gasteiger partial charge in [0.05, 0.1) is 0 Å². The third-order valence-electron chi connectivity index (χ3n) is 4.19. The van der Waals surface area contributed by atoms with Crippen molar-refractivity contribution >= 4 is 27.9 Å². The smallest absolute Gasteiger partial charge is 0.262 e. The SMILES string of the molecule is Cc1cccc(OCC(=O)Nc2cccc(-c3nn4cnnc4s3)c2)c1C. The molecule has 136 valence electrons. The van der Waals surface area contributed by atoms with E-state index in [1.807, 2.05) is 56.3 Å². The van der Waals surface area contributed by atoms with E-state index >= 15 is 0 Å². The van der Waals surface area contributed by atoms with E-state index in [1.165, 1.54) is 11.3 Å². The lowest BCUT2D eigenvalue weighted by molar-refractivity contribution is -0.118. The van der Waals surface area contributed by atoms with E-state index in [9.17, 15) is 4.79 Å². The number of ether oxygens (including phenoxy) is 1. The summed E-state index contributed by atoms with van der Waals surface area (Å²) in [5, 5.41) is 15.9. The van der Waals surface area contributed by atoms with Crippen LogP contribution in [0.3, 0.4) is 0 Å². The van der Waals surface area contributed by atoms with Gasteiger partial charge in [0.15, 0.2) is 6.61 Å². The molecular weight excluding hydrogens is 362 g/mol. The first-order chi connectivity index (χ1) is 13.1. The summed E-state index contributed by atoms with van der Waals surface area (Å²) in [5.74, 6) is 0.504. The minimum Gasteiger partial charge on any atom is -0.483 e. The number of nitrogens with zero attached hydrogens (tertiary/aromatic N) is 4. The van der Waals surface area contributed by atoms with Gasteiger partial charge in [-0.1, -0.05) is 35.6 Å². The van der Waals surface area contributed by atoms with Crippen molar-refractivity contribution in [3.8, 4) is 16.3 Å². The molecule has 0 saturated heterocycles. The number of hydrogen-bond donors (Lipinski definition) is 1. The Balaban J connectivity index is 1.44. The van der Waals surface area contributed by atoms with Crippen LogP contribution < -0.4 is 10.1 Å². The monoisotopic (exact) mass is 379 g/mol. The number of fused-ring (bicyclic) bond motifs is 1. The lowest BCUT2D eigenvalue weighted by Crippen LogP contribution is -2.20. The Kier molecular flexibility index (Phi) is 4.55. The zero-order valence-electron chi connectivity index (χ0n) is 14.8. The van der Waals surface area contributed by atoms with Crippen molar-refractivity contribution in [1.29, 1.82) is 0 Å². The van der Waals surface area contributed by atoms with Gasteiger partial charge in [0.1, 0.15) is 17.1 Å². The van der Waals surface area contributed by atoms with Gasteiger partial charge in [-0.3, -0.25) is 4.79 Å². The lowest BCUT2D eigenvalue weighted by atomic mass is 10.1. The topological polar surface area (TPSA) is 81.4 Å². The van der Waals surface area contributed by atoms with Crippen LogP contribution in [0, 0.1) is 13.8 Å². The minimum atomic E-state index is -0.216. The molecular formula is C19H17N5O2S. The number of rotatable bonds is 5. The summed E-state index contributed by atoms with van der Waals surface area (Å²) in [5.41, 5.74) is 3.76. The molecule has 2 aromatic heterocycles. The molecule has 2 heterocycles. The van der Waals surface area contributed by atoms with E-state index in [-0.39, 0.29) is 12.5 Å². The number of aromatic nitrogens is 4. The fourth-order valence-corrected chi connectivity index (χ4v) is 3.44. The number of carbonyl (C=O) groups excluding carboxylic acids is 1. The van der Waals surface area contributed by atoms with Gasteiger partial charge in [-0.25, -0.2) is 0 Å². The highest BCUT2D eigenvalue weighted by molar-refractivity contribution is 7.19. The van der Waals surface area contributed by atoms with Gasteiger partial charge in [-0.15, -0.1) is 10.2 Å². The Labute approximate surface area is 159 Å². The number of hydrogen-bond acceptors (Lipinski definition) is 6. The first-order valence-corrected chi connectivity index (χ1v) is 9.18. The number of carbonyl (C=O) groups is 1. The summed E-state index contributed by atoms with van der Waals surface area (Å²) in [6, 6.07) is 13.3. The fourth-order valence-electron chi connectivity index (χ4n) is 2.63. The standard InChI is InChI=1S/C19H17N5O2S/c1-12-5-3-8-16(13(12)2)26-10-17(25)21-15-7-4-6-14(9-15)18-23-24-11-20-22-19(24)27-18/h3-9,11H,10H2,1-2H3,(H,21,25). The molecule has 0 bridgehead atoms. The predicted molar refractivity (Wildman–Crippen MR) is 104 cm³/mol. The molecule has 7 nitrogen and oxygen atoms in total. The second-order valence-electron chi connectivity index (χ2n) is 6.08. The number of amides is 1. The lowest BCUT2D eigenvalue weighted by Gasteiger charge is -2.11. The molecule has 27 heavy (non-hydrogen) atoms. The van der Waals surface area contributed by atoms with Crippen LogP contribution in [0.2, 0.25) is 0 Å². The van der Waals surface area contributed by atoms with Crippen molar-refractivity contribution in [1.82, 2.24) is 19.8 Å². The summed E-state index contributed by atoms with van der Waals surface area (Å²) < 4.78 is 7.28. The number of benzene rings is 2. The average molecular weight is 379 g/mol. The maximum Gasteiger partial charge on any atom is 0.262 e. The Morgan fingerprint density at radius 3 is 2.93 bits per heavy atom. The van der Waals surface area contributed by atoms with Crippen LogP contribution in [-0.4, -0.2) is 32.3 Å².